The van der Waals surface area contributed by atoms with Crippen LogP contribution in [0.5, 0.6) is 5.75 Å². The van der Waals surface area contributed by atoms with Crippen LogP contribution in [-0.2, 0) is 7.05 Å². The quantitative estimate of drug-likeness (QED) is 0.249. The molecule has 3 aromatic heterocycles. The third-order valence-electron chi connectivity index (χ3n) is 6.94. The maximum atomic E-state index is 9.68. The number of aliphatic imine (C=N–C) groups is 1. The zero-order chi connectivity index (χ0) is 24.1. The molecule has 5 N–H and O–H groups in total. The number of benzene rings is 1. The Morgan fingerprint density at radius 2 is 1.94 bits per heavy atom. The molecule has 2 aliphatic rings. The van der Waals surface area contributed by atoms with Crippen molar-refractivity contribution in [3.63, 3.8) is 0 Å². The third kappa shape index (κ3) is 4.21. The van der Waals surface area contributed by atoms with Gasteiger partial charge in [-0.1, -0.05) is 11.6 Å². The van der Waals surface area contributed by atoms with Gasteiger partial charge in [0.1, 0.15) is 11.6 Å². The lowest BCUT2D eigenvalue weighted by atomic mass is 9.99. The Kier molecular flexibility index (Phi) is 5.38. The van der Waals surface area contributed by atoms with Gasteiger partial charge in [0.2, 0.25) is 0 Å². The van der Waals surface area contributed by atoms with Crippen molar-refractivity contribution < 1.29 is 5.11 Å². The second-order valence-electron chi connectivity index (χ2n) is 9.48. The van der Waals surface area contributed by atoms with Gasteiger partial charge in [0, 0.05) is 54.8 Å². The molecule has 6 rings (SSSR count). The van der Waals surface area contributed by atoms with E-state index < -0.39 is 0 Å². The maximum Gasteiger partial charge on any atom is 0.135 e. The Labute approximate surface area is 207 Å². The van der Waals surface area contributed by atoms with Crippen LogP contribution in [0.25, 0.3) is 16.6 Å². The number of aromatic hydroxyl groups is 1. The van der Waals surface area contributed by atoms with E-state index in [2.05, 4.69) is 31.9 Å². The van der Waals surface area contributed by atoms with Crippen LogP contribution in [0.2, 0.25) is 5.02 Å². The van der Waals surface area contributed by atoms with E-state index in [1.165, 1.54) is 25.0 Å². The van der Waals surface area contributed by atoms with Crippen molar-refractivity contribution in [3.05, 3.63) is 59.6 Å². The first-order chi connectivity index (χ1) is 16.9. The summed E-state index contributed by atoms with van der Waals surface area (Å²) in [5, 5.41) is 26.4. The van der Waals surface area contributed by atoms with Crippen molar-refractivity contribution in [2.45, 2.75) is 43.8 Å². The number of phenolic OH excluding ortho intramolecular Hbond substituents is 1. The van der Waals surface area contributed by atoms with Gasteiger partial charge in [0.15, 0.2) is 0 Å². The van der Waals surface area contributed by atoms with Crippen LogP contribution >= 0.6 is 11.6 Å². The number of aryl methyl sites for hydroxylation is 1. The van der Waals surface area contributed by atoms with Gasteiger partial charge in [-0.15, -0.1) is 0 Å². The fourth-order valence-electron chi connectivity index (χ4n) is 5.29. The van der Waals surface area contributed by atoms with Crippen molar-refractivity contribution in [3.8, 4) is 16.9 Å². The number of piperidine rings is 1. The van der Waals surface area contributed by atoms with Gasteiger partial charge in [-0.05, 0) is 43.9 Å². The molecule has 10 heteroatoms. The van der Waals surface area contributed by atoms with Crippen LogP contribution in [0, 0.1) is 0 Å². The first-order valence-corrected chi connectivity index (χ1v) is 12.2. The second kappa shape index (κ2) is 8.58. The fraction of sp³-hybridized carbons (Fsp3) is 0.320. The summed E-state index contributed by atoms with van der Waals surface area (Å²) >= 11 is 6.29. The monoisotopic (exact) mass is 490 g/mol. The summed E-state index contributed by atoms with van der Waals surface area (Å²) in [5.41, 5.74) is 11.6. The van der Waals surface area contributed by atoms with E-state index in [4.69, 9.17) is 17.3 Å². The summed E-state index contributed by atoms with van der Waals surface area (Å²) in [6.45, 7) is 0. The predicted octanol–water partition coefficient (Wildman–Crippen LogP) is 3.83. The molecule has 0 aliphatic carbocycles. The van der Waals surface area contributed by atoms with Gasteiger partial charge in [0.25, 0.3) is 0 Å². The van der Waals surface area contributed by atoms with E-state index in [9.17, 15) is 5.11 Å². The summed E-state index contributed by atoms with van der Waals surface area (Å²) in [6, 6.07) is 8.15. The maximum absolute atomic E-state index is 9.68. The number of anilines is 1. The van der Waals surface area contributed by atoms with E-state index in [1.54, 1.807) is 16.9 Å². The third-order valence-corrected chi connectivity index (χ3v) is 7.25. The van der Waals surface area contributed by atoms with E-state index in [0.29, 0.717) is 40.2 Å². The summed E-state index contributed by atoms with van der Waals surface area (Å²) in [4.78, 5) is 4.58. The highest BCUT2D eigenvalue weighted by Gasteiger charge is 2.34. The molecule has 0 radical (unpaired) electrons. The summed E-state index contributed by atoms with van der Waals surface area (Å²) in [6.07, 6.45) is 12.1. The molecule has 35 heavy (non-hydrogen) atoms. The Morgan fingerprint density at radius 1 is 1.14 bits per heavy atom. The minimum absolute atomic E-state index is 0.0784. The lowest BCUT2D eigenvalue weighted by Crippen LogP contribution is -2.43. The van der Waals surface area contributed by atoms with Crippen LogP contribution in [0.4, 0.5) is 11.4 Å². The Hall–Kier alpha value is -3.56. The molecular formula is C25H27ClN8O. The number of amidine groups is 1. The minimum Gasteiger partial charge on any atom is -0.508 e. The summed E-state index contributed by atoms with van der Waals surface area (Å²) in [5.74, 6) is 0.380. The highest BCUT2D eigenvalue weighted by Crippen LogP contribution is 2.34. The molecule has 180 valence electrons. The number of aromatic nitrogens is 4. The number of halogens is 1. The van der Waals surface area contributed by atoms with E-state index >= 15 is 0 Å². The molecule has 2 unspecified atom stereocenters. The summed E-state index contributed by atoms with van der Waals surface area (Å²) < 4.78 is 3.65. The van der Waals surface area contributed by atoms with Crippen LogP contribution < -0.4 is 16.4 Å². The minimum atomic E-state index is 0.0784. The molecular weight excluding hydrogens is 464 g/mol. The normalized spacial score (nSPS) is 22.1. The largest absolute Gasteiger partial charge is 0.508 e. The lowest BCUT2D eigenvalue weighted by Gasteiger charge is -2.31. The molecule has 5 heterocycles. The average Bonchev–Trinajstić information content (AvgIpc) is 3.54. The molecule has 0 amide bonds. The van der Waals surface area contributed by atoms with Crippen molar-refractivity contribution in [1.82, 2.24) is 24.7 Å². The zero-order valence-electron chi connectivity index (χ0n) is 19.3. The first kappa shape index (κ1) is 21.9. The SMILES string of the molecule is Cn1cc(-c2cc3c(NC4CC5CCC(C4)N5)c(/C(N)=N/c4ccc(O)cc4Cl)cnn3c2)cn1. The number of hydrogen-bond donors (Lipinski definition) is 4. The van der Waals surface area contributed by atoms with Gasteiger partial charge < -0.3 is 21.5 Å². The smallest absolute Gasteiger partial charge is 0.135 e. The van der Waals surface area contributed by atoms with Crippen LogP contribution in [0.1, 0.15) is 31.2 Å². The molecule has 2 aliphatic heterocycles. The van der Waals surface area contributed by atoms with Gasteiger partial charge >= 0.3 is 0 Å². The Morgan fingerprint density at radius 3 is 2.66 bits per heavy atom. The van der Waals surface area contributed by atoms with Crippen molar-refractivity contribution in [2.24, 2.45) is 17.8 Å². The molecule has 9 nitrogen and oxygen atoms in total. The van der Waals surface area contributed by atoms with Crippen molar-refractivity contribution in [2.75, 3.05) is 5.32 Å². The number of phenols is 1. The highest BCUT2D eigenvalue weighted by atomic mass is 35.5. The zero-order valence-corrected chi connectivity index (χ0v) is 20.1. The second-order valence-corrected chi connectivity index (χ2v) is 9.89. The number of nitrogens with zero attached hydrogens (tertiary/aromatic N) is 5. The first-order valence-electron chi connectivity index (χ1n) is 11.8. The number of fused-ring (bicyclic) bond motifs is 3. The molecule has 2 bridgehead atoms. The van der Waals surface area contributed by atoms with Gasteiger partial charge in [0.05, 0.1) is 39.9 Å². The van der Waals surface area contributed by atoms with E-state index in [1.807, 2.05) is 30.2 Å². The van der Waals surface area contributed by atoms with E-state index in [-0.39, 0.29) is 5.75 Å². The molecule has 2 atom stereocenters. The van der Waals surface area contributed by atoms with Crippen molar-refractivity contribution >= 4 is 34.3 Å². The molecule has 1 aromatic carbocycles. The van der Waals surface area contributed by atoms with Gasteiger partial charge in [-0.2, -0.15) is 10.2 Å². The molecule has 0 spiro atoms. The van der Waals surface area contributed by atoms with Crippen LogP contribution in [0.3, 0.4) is 0 Å². The molecule has 2 saturated heterocycles. The lowest BCUT2D eigenvalue weighted by molar-refractivity contribution is 0.378. The highest BCUT2D eigenvalue weighted by molar-refractivity contribution is 6.33. The van der Waals surface area contributed by atoms with Crippen LogP contribution in [-0.4, -0.2) is 48.5 Å². The number of hydrogen-bond acceptors (Lipinski definition) is 6. The average molecular weight is 491 g/mol. The molecule has 4 aromatic rings. The van der Waals surface area contributed by atoms with Crippen molar-refractivity contribution in [1.29, 1.82) is 0 Å². The number of nitrogens with two attached hydrogens (primary N) is 1. The predicted molar refractivity (Wildman–Crippen MR) is 137 cm³/mol. The number of nitrogens with one attached hydrogen (secondary N) is 2. The van der Waals surface area contributed by atoms with E-state index in [0.717, 1.165) is 35.2 Å². The standard InChI is InChI=1S/C25H27ClN8O/c1-33-12-15(10-28-33)14-6-23-24(31-18-7-16-2-3-17(8-18)30-16)20(11-29-34(23)13-14)25(27)32-22-5-4-19(35)9-21(22)26/h4-6,9-13,16-18,30-31,35H,2-3,7-8H2,1H3,(H2,27,32). The Balaban J connectivity index is 1.44. The molecule has 0 saturated carbocycles. The van der Waals surface area contributed by atoms with Gasteiger partial charge in [-0.3, -0.25) is 4.68 Å². The van der Waals surface area contributed by atoms with Gasteiger partial charge in [-0.25, -0.2) is 9.51 Å². The topological polar surface area (TPSA) is 118 Å². The number of rotatable bonds is 5. The molecule has 2 fully saturated rings. The summed E-state index contributed by atoms with van der Waals surface area (Å²) in [7, 11) is 1.90. The fourth-order valence-corrected chi connectivity index (χ4v) is 5.50. The van der Waals surface area contributed by atoms with Crippen LogP contribution in [0.15, 0.2) is 54.0 Å². The Bertz CT molecular complexity index is 1430.